The molecular formula is C26H26N2O3S2. The van der Waals surface area contributed by atoms with Gasteiger partial charge in [-0.05, 0) is 67.7 Å². The molecule has 1 aliphatic rings. The zero-order chi connectivity index (χ0) is 22.8. The summed E-state index contributed by atoms with van der Waals surface area (Å²) in [6.07, 6.45) is 4.82. The summed E-state index contributed by atoms with van der Waals surface area (Å²) < 4.78 is 8.52. The van der Waals surface area contributed by atoms with Gasteiger partial charge in [0.2, 0.25) is 0 Å². The molecule has 1 N–H and O–H groups in total. The molecule has 5 rings (SSSR count). The lowest BCUT2D eigenvalue weighted by molar-refractivity contribution is 0.0526. The smallest absolute Gasteiger partial charge is 0.341 e. The van der Waals surface area contributed by atoms with Crippen molar-refractivity contribution in [3.63, 3.8) is 0 Å². The summed E-state index contributed by atoms with van der Waals surface area (Å²) in [4.78, 5) is 27.5. The van der Waals surface area contributed by atoms with Crippen LogP contribution in [0.1, 0.15) is 56.6 Å². The van der Waals surface area contributed by atoms with E-state index in [0.717, 1.165) is 47.9 Å². The number of fused-ring (bicyclic) bond motifs is 2. The SMILES string of the molecule is CCOC(=O)c1c(NC(=O)c2cc3sccc3n2CCc2ccccc2)sc2c1CCCC2. The third-order valence-electron chi connectivity index (χ3n) is 6.10. The summed E-state index contributed by atoms with van der Waals surface area (Å²) in [5.41, 5.74) is 4.53. The second-order valence-electron chi connectivity index (χ2n) is 8.18. The molecular weight excluding hydrogens is 452 g/mol. The Balaban J connectivity index is 1.46. The van der Waals surface area contributed by atoms with Crippen LogP contribution in [-0.4, -0.2) is 23.1 Å². The molecule has 0 aliphatic heterocycles. The molecule has 3 heterocycles. The van der Waals surface area contributed by atoms with E-state index in [0.29, 0.717) is 29.4 Å². The van der Waals surface area contributed by atoms with E-state index in [1.165, 1.54) is 21.8 Å². The number of anilines is 1. The van der Waals surface area contributed by atoms with E-state index in [1.54, 1.807) is 18.3 Å². The fourth-order valence-corrected chi connectivity index (χ4v) is 6.63. The maximum Gasteiger partial charge on any atom is 0.341 e. The summed E-state index contributed by atoms with van der Waals surface area (Å²) in [7, 11) is 0. The Hall–Kier alpha value is -2.90. The first kappa shape index (κ1) is 21.9. The number of nitrogens with one attached hydrogen (secondary N) is 1. The average molecular weight is 479 g/mol. The molecule has 33 heavy (non-hydrogen) atoms. The lowest BCUT2D eigenvalue weighted by Gasteiger charge is -2.13. The Labute approximate surface area is 201 Å². The number of rotatable bonds is 7. The molecule has 0 fully saturated rings. The molecule has 1 amide bonds. The second-order valence-corrected chi connectivity index (χ2v) is 10.2. The third kappa shape index (κ3) is 4.35. The predicted molar refractivity (Wildman–Crippen MR) is 135 cm³/mol. The highest BCUT2D eigenvalue weighted by Gasteiger charge is 2.28. The van der Waals surface area contributed by atoms with Crippen molar-refractivity contribution in [2.24, 2.45) is 0 Å². The molecule has 0 spiro atoms. The minimum Gasteiger partial charge on any atom is -0.462 e. The summed E-state index contributed by atoms with van der Waals surface area (Å²) >= 11 is 3.16. The number of aryl methyl sites for hydroxylation is 3. The standard InChI is InChI=1S/C26H26N2O3S2/c1-2-31-26(30)23-18-10-6-7-11-21(18)33-25(23)27-24(29)20-16-22-19(13-15-32-22)28(20)14-12-17-8-4-3-5-9-17/h3-5,8-9,13,15-16H,2,6-7,10-12,14H2,1H3,(H,27,29). The molecule has 1 aromatic carbocycles. The van der Waals surface area contributed by atoms with Gasteiger partial charge in [0.1, 0.15) is 10.7 Å². The van der Waals surface area contributed by atoms with Gasteiger partial charge in [-0.25, -0.2) is 4.79 Å². The van der Waals surface area contributed by atoms with Crippen molar-refractivity contribution in [2.75, 3.05) is 11.9 Å². The minimum absolute atomic E-state index is 0.185. The first-order valence-electron chi connectivity index (χ1n) is 11.4. The molecule has 0 saturated heterocycles. The average Bonchev–Trinajstić information content (AvgIpc) is 3.51. The van der Waals surface area contributed by atoms with Crippen LogP contribution < -0.4 is 5.32 Å². The van der Waals surface area contributed by atoms with Crippen molar-refractivity contribution < 1.29 is 14.3 Å². The van der Waals surface area contributed by atoms with E-state index < -0.39 is 0 Å². The van der Waals surface area contributed by atoms with Gasteiger partial charge < -0.3 is 14.6 Å². The highest BCUT2D eigenvalue weighted by Crippen LogP contribution is 2.39. The summed E-state index contributed by atoms with van der Waals surface area (Å²) in [5, 5.41) is 5.74. The van der Waals surface area contributed by atoms with E-state index in [4.69, 9.17) is 4.74 Å². The first-order valence-corrected chi connectivity index (χ1v) is 13.1. The molecule has 0 atom stereocenters. The zero-order valence-electron chi connectivity index (χ0n) is 18.6. The number of nitrogens with zero attached hydrogens (tertiary/aromatic N) is 1. The van der Waals surface area contributed by atoms with Crippen molar-refractivity contribution >= 4 is 49.8 Å². The van der Waals surface area contributed by atoms with Gasteiger partial charge in [0.15, 0.2) is 0 Å². The molecule has 7 heteroatoms. The fraction of sp³-hybridized carbons (Fsp3) is 0.308. The van der Waals surface area contributed by atoms with Gasteiger partial charge in [0, 0.05) is 11.4 Å². The minimum atomic E-state index is -0.340. The first-order chi connectivity index (χ1) is 16.2. The number of amides is 1. The fourth-order valence-electron chi connectivity index (χ4n) is 4.53. The topological polar surface area (TPSA) is 60.3 Å². The monoisotopic (exact) mass is 478 g/mol. The van der Waals surface area contributed by atoms with Gasteiger partial charge in [-0.3, -0.25) is 4.79 Å². The normalized spacial score (nSPS) is 13.1. The predicted octanol–water partition coefficient (Wildman–Crippen LogP) is 6.31. The molecule has 0 unspecified atom stereocenters. The number of benzene rings is 1. The summed E-state index contributed by atoms with van der Waals surface area (Å²) in [6, 6.07) is 14.3. The van der Waals surface area contributed by atoms with Gasteiger partial charge in [-0.2, -0.15) is 0 Å². The lowest BCUT2D eigenvalue weighted by Crippen LogP contribution is -2.19. The van der Waals surface area contributed by atoms with Crippen molar-refractivity contribution in [2.45, 2.75) is 45.6 Å². The maximum atomic E-state index is 13.5. The van der Waals surface area contributed by atoms with Crippen molar-refractivity contribution in [1.82, 2.24) is 4.57 Å². The van der Waals surface area contributed by atoms with Crippen LogP contribution in [0.15, 0.2) is 47.8 Å². The van der Waals surface area contributed by atoms with Crippen LogP contribution in [0.3, 0.4) is 0 Å². The number of carbonyl (C=O) groups excluding carboxylic acids is 2. The van der Waals surface area contributed by atoms with Crippen LogP contribution >= 0.6 is 22.7 Å². The van der Waals surface area contributed by atoms with Crippen LogP contribution in [-0.2, 0) is 30.5 Å². The number of hydrogen-bond acceptors (Lipinski definition) is 5. The Morgan fingerprint density at radius 1 is 1.12 bits per heavy atom. The van der Waals surface area contributed by atoms with E-state index >= 15 is 0 Å². The highest BCUT2D eigenvalue weighted by molar-refractivity contribution is 7.17. The molecule has 1 aliphatic carbocycles. The number of ether oxygens (including phenoxy) is 1. The quantitative estimate of drug-likeness (QED) is 0.316. The summed E-state index contributed by atoms with van der Waals surface area (Å²) in [5.74, 6) is -0.525. The lowest BCUT2D eigenvalue weighted by atomic mass is 9.95. The molecule has 3 aromatic heterocycles. The van der Waals surface area contributed by atoms with Gasteiger partial charge in [0.25, 0.3) is 5.91 Å². The Kier molecular flexibility index (Phi) is 6.33. The van der Waals surface area contributed by atoms with Crippen molar-refractivity contribution in [1.29, 1.82) is 0 Å². The highest BCUT2D eigenvalue weighted by atomic mass is 32.1. The van der Waals surface area contributed by atoms with Gasteiger partial charge >= 0.3 is 5.97 Å². The molecule has 0 radical (unpaired) electrons. The van der Waals surface area contributed by atoms with Crippen LogP contribution in [0.4, 0.5) is 5.00 Å². The van der Waals surface area contributed by atoms with Crippen molar-refractivity contribution in [3.8, 4) is 0 Å². The molecule has 0 bridgehead atoms. The Bertz CT molecular complexity index is 1300. The van der Waals surface area contributed by atoms with E-state index in [2.05, 4.69) is 33.5 Å². The number of hydrogen-bond donors (Lipinski definition) is 1. The number of aromatic nitrogens is 1. The van der Waals surface area contributed by atoms with E-state index in [1.807, 2.05) is 24.3 Å². The summed E-state index contributed by atoms with van der Waals surface area (Å²) in [6.45, 7) is 2.83. The Morgan fingerprint density at radius 2 is 1.94 bits per heavy atom. The van der Waals surface area contributed by atoms with E-state index in [-0.39, 0.29) is 11.9 Å². The largest absolute Gasteiger partial charge is 0.462 e. The molecule has 5 nitrogen and oxygen atoms in total. The van der Waals surface area contributed by atoms with Crippen LogP contribution in [0.2, 0.25) is 0 Å². The number of carbonyl (C=O) groups is 2. The number of esters is 1. The second kappa shape index (κ2) is 9.53. The van der Waals surface area contributed by atoms with Gasteiger partial charge in [-0.1, -0.05) is 30.3 Å². The number of thiophene rings is 2. The van der Waals surface area contributed by atoms with Gasteiger partial charge in [0.05, 0.1) is 22.4 Å². The van der Waals surface area contributed by atoms with Crippen molar-refractivity contribution in [3.05, 3.63) is 75.1 Å². The third-order valence-corrected chi connectivity index (χ3v) is 8.16. The van der Waals surface area contributed by atoms with Gasteiger partial charge in [-0.15, -0.1) is 22.7 Å². The zero-order valence-corrected chi connectivity index (χ0v) is 20.2. The van der Waals surface area contributed by atoms with Crippen LogP contribution in [0.25, 0.3) is 10.2 Å². The molecule has 0 saturated carbocycles. The van der Waals surface area contributed by atoms with Crippen LogP contribution in [0.5, 0.6) is 0 Å². The Morgan fingerprint density at radius 3 is 2.76 bits per heavy atom. The molecule has 4 aromatic rings. The van der Waals surface area contributed by atoms with Crippen LogP contribution in [0, 0.1) is 0 Å². The maximum absolute atomic E-state index is 13.5. The molecule has 170 valence electrons. The van der Waals surface area contributed by atoms with E-state index in [9.17, 15) is 9.59 Å².